The highest BCUT2D eigenvalue weighted by Crippen LogP contribution is 2.28. The van der Waals surface area contributed by atoms with E-state index in [4.69, 9.17) is 5.73 Å². The number of hydrogen-bond donors (Lipinski definition) is 3. The molecule has 0 unspecified atom stereocenters. The van der Waals surface area contributed by atoms with E-state index in [1.165, 1.54) is 13.0 Å². The van der Waals surface area contributed by atoms with E-state index < -0.39 is 0 Å². The van der Waals surface area contributed by atoms with Crippen molar-refractivity contribution < 1.29 is 9.90 Å². The van der Waals surface area contributed by atoms with Gasteiger partial charge in [0.25, 0.3) is 0 Å². The number of anilines is 2. The SMILES string of the molecule is CC(=O)Nc1c(N)cccc1O. The maximum absolute atomic E-state index is 10.6. The molecule has 4 N–H and O–H groups in total. The predicted octanol–water partition coefficient (Wildman–Crippen LogP) is 0.933. The first-order valence-corrected chi connectivity index (χ1v) is 3.46. The summed E-state index contributed by atoms with van der Waals surface area (Å²) in [5, 5.41) is 11.7. The number of aromatic hydroxyl groups is 1. The van der Waals surface area contributed by atoms with E-state index in [1.807, 2.05) is 0 Å². The van der Waals surface area contributed by atoms with Crippen molar-refractivity contribution in [3.63, 3.8) is 0 Å². The summed E-state index contributed by atoms with van der Waals surface area (Å²) < 4.78 is 0. The van der Waals surface area contributed by atoms with Gasteiger partial charge in [0.05, 0.1) is 5.69 Å². The van der Waals surface area contributed by atoms with Gasteiger partial charge in [0.2, 0.25) is 5.91 Å². The van der Waals surface area contributed by atoms with Crippen molar-refractivity contribution in [2.75, 3.05) is 11.1 Å². The highest BCUT2D eigenvalue weighted by Gasteiger charge is 2.05. The quantitative estimate of drug-likeness (QED) is 0.429. The molecule has 12 heavy (non-hydrogen) atoms. The molecule has 1 rings (SSSR count). The molecule has 1 aromatic rings. The number of carbonyl (C=O) groups excluding carboxylic acids is 1. The Balaban J connectivity index is 3.04. The molecule has 1 aromatic carbocycles. The number of phenolic OH excluding ortho intramolecular Hbond substituents is 1. The first-order valence-electron chi connectivity index (χ1n) is 3.46. The number of hydrogen-bond acceptors (Lipinski definition) is 3. The summed E-state index contributed by atoms with van der Waals surface area (Å²) >= 11 is 0. The van der Waals surface area contributed by atoms with E-state index in [9.17, 15) is 9.90 Å². The van der Waals surface area contributed by atoms with E-state index in [1.54, 1.807) is 12.1 Å². The van der Waals surface area contributed by atoms with Gasteiger partial charge in [-0.2, -0.15) is 0 Å². The number of carbonyl (C=O) groups is 1. The Kier molecular flexibility index (Phi) is 2.19. The van der Waals surface area contributed by atoms with Crippen molar-refractivity contribution in [2.45, 2.75) is 6.92 Å². The Hall–Kier alpha value is -1.71. The summed E-state index contributed by atoms with van der Waals surface area (Å²) in [5.74, 6) is -0.284. The molecule has 0 saturated carbocycles. The Labute approximate surface area is 70.0 Å². The predicted molar refractivity (Wildman–Crippen MR) is 46.8 cm³/mol. The molecule has 1 amide bonds. The lowest BCUT2D eigenvalue weighted by atomic mass is 10.2. The van der Waals surface area contributed by atoms with Gasteiger partial charge >= 0.3 is 0 Å². The Bertz CT molecular complexity index is 290. The molecule has 0 fully saturated rings. The highest BCUT2D eigenvalue weighted by molar-refractivity contribution is 5.94. The number of nitrogens with two attached hydrogens (primary N) is 1. The van der Waals surface area contributed by atoms with Crippen LogP contribution in [0.5, 0.6) is 5.75 Å². The van der Waals surface area contributed by atoms with Crippen LogP contribution < -0.4 is 11.1 Å². The number of amides is 1. The average Bonchev–Trinajstić information content (AvgIpc) is 1.97. The molecule has 4 heteroatoms. The minimum Gasteiger partial charge on any atom is -0.506 e. The van der Waals surface area contributed by atoms with Crippen LogP contribution in [-0.2, 0) is 4.79 Å². The monoisotopic (exact) mass is 166 g/mol. The van der Waals surface area contributed by atoms with Crippen molar-refractivity contribution in [2.24, 2.45) is 0 Å². The number of nitrogen functional groups attached to an aromatic ring is 1. The van der Waals surface area contributed by atoms with E-state index in [0.29, 0.717) is 5.69 Å². The standard InChI is InChI=1S/C8H10N2O2/c1-5(11)10-8-6(9)3-2-4-7(8)12/h2-4,12H,9H2,1H3,(H,10,11). The molecule has 0 atom stereocenters. The Morgan fingerprint density at radius 1 is 1.58 bits per heavy atom. The number of nitrogens with one attached hydrogen (secondary N) is 1. The summed E-state index contributed by atoms with van der Waals surface area (Å²) in [7, 11) is 0. The van der Waals surface area contributed by atoms with E-state index in [2.05, 4.69) is 5.32 Å². The van der Waals surface area contributed by atoms with Gasteiger partial charge in [-0.15, -0.1) is 0 Å². The fourth-order valence-corrected chi connectivity index (χ4v) is 0.870. The zero-order chi connectivity index (χ0) is 9.14. The van der Waals surface area contributed by atoms with Gasteiger partial charge in [0, 0.05) is 6.92 Å². The molecule has 64 valence electrons. The third kappa shape index (κ3) is 1.66. The third-order valence-electron chi connectivity index (χ3n) is 1.38. The molecule has 0 heterocycles. The molecular weight excluding hydrogens is 156 g/mol. The van der Waals surface area contributed by atoms with E-state index in [-0.39, 0.29) is 17.3 Å². The number of rotatable bonds is 1. The van der Waals surface area contributed by atoms with Gasteiger partial charge in [-0.3, -0.25) is 4.79 Å². The van der Waals surface area contributed by atoms with Gasteiger partial charge in [0.1, 0.15) is 11.4 Å². The molecule has 4 nitrogen and oxygen atoms in total. The van der Waals surface area contributed by atoms with Crippen molar-refractivity contribution >= 4 is 17.3 Å². The molecule has 0 aliphatic carbocycles. The van der Waals surface area contributed by atoms with Crippen molar-refractivity contribution in [3.05, 3.63) is 18.2 Å². The smallest absolute Gasteiger partial charge is 0.221 e. The normalized spacial score (nSPS) is 9.42. The van der Waals surface area contributed by atoms with Gasteiger partial charge in [-0.25, -0.2) is 0 Å². The summed E-state index contributed by atoms with van der Waals surface area (Å²) in [4.78, 5) is 10.6. The maximum Gasteiger partial charge on any atom is 0.221 e. The topological polar surface area (TPSA) is 75.4 Å². The number of para-hydroxylation sites is 1. The second kappa shape index (κ2) is 3.13. The van der Waals surface area contributed by atoms with Crippen LogP contribution in [0.2, 0.25) is 0 Å². The number of benzene rings is 1. The summed E-state index contributed by atoms with van der Waals surface area (Å²) in [5.41, 5.74) is 6.12. The van der Waals surface area contributed by atoms with Crippen LogP contribution in [0.25, 0.3) is 0 Å². The second-order valence-corrected chi connectivity index (χ2v) is 2.42. The molecule has 0 saturated heterocycles. The first-order chi connectivity index (χ1) is 5.61. The van der Waals surface area contributed by atoms with Crippen LogP contribution in [0.4, 0.5) is 11.4 Å². The molecule has 0 bridgehead atoms. The fourth-order valence-electron chi connectivity index (χ4n) is 0.870. The zero-order valence-electron chi connectivity index (χ0n) is 6.66. The second-order valence-electron chi connectivity index (χ2n) is 2.42. The van der Waals surface area contributed by atoms with Crippen LogP contribution >= 0.6 is 0 Å². The first kappa shape index (κ1) is 8.39. The maximum atomic E-state index is 10.6. The van der Waals surface area contributed by atoms with E-state index >= 15 is 0 Å². The summed E-state index contributed by atoms with van der Waals surface area (Å²) in [6, 6.07) is 4.67. The minimum atomic E-state index is -0.261. The molecule has 0 aliphatic heterocycles. The van der Waals surface area contributed by atoms with Gasteiger partial charge < -0.3 is 16.2 Å². The molecule has 0 aromatic heterocycles. The summed E-state index contributed by atoms with van der Waals surface area (Å²) in [6.07, 6.45) is 0. The van der Waals surface area contributed by atoms with Crippen molar-refractivity contribution in [1.29, 1.82) is 0 Å². The lowest BCUT2D eigenvalue weighted by Crippen LogP contribution is -2.07. The zero-order valence-corrected chi connectivity index (χ0v) is 6.66. The fraction of sp³-hybridized carbons (Fsp3) is 0.125. The lowest BCUT2D eigenvalue weighted by molar-refractivity contribution is -0.114. The summed E-state index contributed by atoms with van der Waals surface area (Å²) in [6.45, 7) is 1.35. The molecule has 0 radical (unpaired) electrons. The number of phenols is 1. The van der Waals surface area contributed by atoms with Crippen LogP contribution in [0, 0.1) is 0 Å². The van der Waals surface area contributed by atoms with Gasteiger partial charge in [-0.1, -0.05) is 6.07 Å². The molecular formula is C8H10N2O2. The van der Waals surface area contributed by atoms with Gasteiger partial charge in [0.15, 0.2) is 0 Å². The Morgan fingerprint density at radius 3 is 2.75 bits per heavy atom. The van der Waals surface area contributed by atoms with Crippen LogP contribution in [-0.4, -0.2) is 11.0 Å². The van der Waals surface area contributed by atoms with Crippen LogP contribution in [0.1, 0.15) is 6.92 Å². The average molecular weight is 166 g/mol. The lowest BCUT2D eigenvalue weighted by Gasteiger charge is -2.07. The van der Waals surface area contributed by atoms with Crippen LogP contribution in [0.3, 0.4) is 0 Å². The third-order valence-corrected chi connectivity index (χ3v) is 1.38. The largest absolute Gasteiger partial charge is 0.506 e. The van der Waals surface area contributed by atoms with Crippen molar-refractivity contribution in [3.8, 4) is 5.75 Å². The van der Waals surface area contributed by atoms with Crippen molar-refractivity contribution in [1.82, 2.24) is 0 Å². The van der Waals surface area contributed by atoms with E-state index in [0.717, 1.165) is 0 Å². The molecule has 0 aliphatic rings. The Morgan fingerprint density at radius 2 is 2.25 bits per heavy atom. The highest BCUT2D eigenvalue weighted by atomic mass is 16.3. The van der Waals surface area contributed by atoms with Gasteiger partial charge in [-0.05, 0) is 12.1 Å². The van der Waals surface area contributed by atoms with Crippen LogP contribution in [0.15, 0.2) is 18.2 Å². The molecule has 0 spiro atoms. The minimum absolute atomic E-state index is 0.0230.